The van der Waals surface area contributed by atoms with E-state index in [-0.39, 0.29) is 12.5 Å². The van der Waals surface area contributed by atoms with Crippen LogP contribution in [-0.2, 0) is 28.4 Å². The zero-order chi connectivity index (χ0) is 21.5. The minimum atomic E-state index is -5.00. The highest BCUT2D eigenvalue weighted by molar-refractivity contribution is 5.87. The topological polar surface area (TPSA) is 72.2 Å². The molecule has 0 bridgehead atoms. The van der Waals surface area contributed by atoms with E-state index in [2.05, 4.69) is 5.32 Å². The molecule has 10 heteroatoms. The highest BCUT2D eigenvalue weighted by atomic mass is 19.4. The Balaban J connectivity index is 2.93. The molecule has 0 aromatic heterocycles. The maximum Gasteiger partial charge on any atom is 0.416 e. The Morgan fingerprint density at radius 3 is 1.93 bits per heavy atom. The van der Waals surface area contributed by atoms with E-state index in [9.17, 15) is 35.9 Å². The van der Waals surface area contributed by atoms with Crippen LogP contribution in [0.1, 0.15) is 55.7 Å². The molecule has 0 aliphatic rings. The number of amides is 2. The summed E-state index contributed by atoms with van der Waals surface area (Å²) in [5, 5.41) is 2.28. The van der Waals surface area contributed by atoms with Crippen molar-refractivity contribution < 1.29 is 35.9 Å². The molecule has 0 heterocycles. The van der Waals surface area contributed by atoms with E-state index in [0.717, 1.165) is 19.3 Å². The maximum absolute atomic E-state index is 12.9. The van der Waals surface area contributed by atoms with E-state index >= 15 is 0 Å². The van der Waals surface area contributed by atoms with Crippen LogP contribution in [0.15, 0.2) is 18.2 Å². The first kappa shape index (κ1) is 23.8. The molecule has 158 valence electrons. The molecule has 0 fully saturated rings. The summed E-state index contributed by atoms with van der Waals surface area (Å²) in [6, 6.07) is -0.0799. The number of nitrogens with one attached hydrogen (secondary N) is 1. The predicted molar refractivity (Wildman–Crippen MR) is 90.0 cm³/mol. The van der Waals surface area contributed by atoms with Gasteiger partial charge in [-0.1, -0.05) is 32.6 Å². The number of unbranched alkanes of at least 4 members (excludes halogenated alkanes) is 3. The lowest BCUT2D eigenvalue weighted by molar-refractivity contribution is -0.143. The molecule has 3 N–H and O–H groups in total. The fraction of sp³-hybridized carbons (Fsp3) is 0.556. The molecule has 1 aromatic rings. The number of halogens is 6. The minimum absolute atomic E-state index is 0.0126. The summed E-state index contributed by atoms with van der Waals surface area (Å²) in [5.41, 5.74) is 1.73. The molecule has 0 saturated heterocycles. The molecule has 2 amide bonds. The van der Waals surface area contributed by atoms with E-state index < -0.39 is 53.3 Å². The molecular formula is C18H22F6N2O2. The number of carbonyl (C=O) groups is 2. The van der Waals surface area contributed by atoms with Crippen LogP contribution in [0.2, 0.25) is 0 Å². The predicted octanol–water partition coefficient (Wildman–Crippen LogP) is 4.21. The number of hydrogen-bond acceptors (Lipinski definition) is 2. The van der Waals surface area contributed by atoms with Gasteiger partial charge in [-0.25, -0.2) is 0 Å². The SMILES string of the molecule is CCCCCC[C@@H](NC(=O)Cc1cc(C(F)(F)F)cc(C(F)(F)F)c1)C(N)=O. The fourth-order valence-electron chi connectivity index (χ4n) is 2.61. The Morgan fingerprint density at radius 2 is 1.50 bits per heavy atom. The molecular weight excluding hydrogens is 390 g/mol. The number of carbonyl (C=O) groups excluding carboxylic acids is 2. The second-order valence-electron chi connectivity index (χ2n) is 6.46. The average molecular weight is 412 g/mol. The number of primary amides is 1. The van der Waals surface area contributed by atoms with Gasteiger partial charge in [-0.05, 0) is 30.2 Å². The zero-order valence-corrected chi connectivity index (χ0v) is 15.2. The molecule has 1 aromatic carbocycles. The summed E-state index contributed by atoms with van der Waals surface area (Å²) >= 11 is 0. The second-order valence-corrected chi connectivity index (χ2v) is 6.46. The third kappa shape index (κ3) is 7.77. The molecule has 0 aliphatic carbocycles. The summed E-state index contributed by atoms with van der Waals surface area (Å²) < 4.78 is 77.2. The normalized spacial score (nSPS) is 13.2. The molecule has 28 heavy (non-hydrogen) atoms. The highest BCUT2D eigenvalue weighted by Gasteiger charge is 2.37. The van der Waals surface area contributed by atoms with Crippen molar-refractivity contribution in [1.82, 2.24) is 5.32 Å². The van der Waals surface area contributed by atoms with Gasteiger partial charge in [0.15, 0.2) is 0 Å². The molecule has 0 saturated carbocycles. The van der Waals surface area contributed by atoms with Crippen molar-refractivity contribution in [2.75, 3.05) is 0 Å². The lowest BCUT2D eigenvalue weighted by atomic mass is 10.0. The van der Waals surface area contributed by atoms with Gasteiger partial charge in [0.2, 0.25) is 11.8 Å². The highest BCUT2D eigenvalue weighted by Crippen LogP contribution is 2.36. The van der Waals surface area contributed by atoms with Gasteiger partial charge in [-0.3, -0.25) is 9.59 Å². The summed E-state index contributed by atoms with van der Waals surface area (Å²) in [4.78, 5) is 23.5. The third-order valence-corrected chi connectivity index (χ3v) is 4.04. The molecule has 0 aliphatic heterocycles. The molecule has 0 unspecified atom stereocenters. The monoisotopic (exact) mass is 412 g/mol. The number of alkyl halides is 6. The first-order valence-electron chi connectivity index (χ1n) is 8.71. The van der Waals surface area contributed by atoms with Gasteiger partial charge in [-0.15, -0.1) is 0 Å². The molecule has 1 atom stereocenters. The minimum Gasteiger partial charge on any atom is -0.368 e. The van der Waals surface area contributed by atoms with Crippen molar-refractivity contribution >= 4 is 11.8 Å². The standard InChI is InChI=1S/C18H22F6N2O2/c1-2-3-4-5-6-14(16(25)28)26-15(27)9-11-7-12(17(19,20)21)10-13(8-11)18(22,23)24/h7-8,10,14H,2-6,9H2,1H3,(H2,25,28)(H,26,27)/t14-/m1/s1. The third-order valence-electron chi connectivity index (χ3n) is 4.04. The molecule has 0 radical (unpaired) electrons. The largest absolute Gasteiger partial charge is 0.416 e. The first-order valence-corrected chi connectivity index (χ1v) is 8.71. The van der Waals surface area contributed by atoms with Gasteiger partial charge in [-0.2, -0.15) is 26.3 Å². The van der Waals surface area contributed by atoms with Crippen LogP contribution in [0.25, 0.3) is 0 Å². The Hall–Kier alpha value is -2.26. The average Bonchev–Trinajstić information content (AvgIpc) is 2.55. The zero-order valence-electron chi connectivity index (χ0n) is 15.2. The van der Waals surface area contributed by atoms with Crippen molar-refractivity contribution in [3.05, 3.63) is 34.9 Å². The van der Waals surface area contributed by atoms with Gasteiger partial charge >= 0.3 is 12.4 Å². The van der Waals surface area contributed by atoms with Crippen LogP contribution >= 0.6 is 0 Å². The maximum atomic E-state index is 12.9. The van der Waals surface area contributed by atoms with Crippen molar-refractivity contribution in [1.29, 1.82) is 0 Å². The second kappa shape index (κ2) is 9.79. The summed E-state index contributed by atoms with van der Waals surface area (Å²) in [6.45, 7) is 1.98. The lowest BCUT2D eigenvalue weighted by Crippen LogP contribution is -2.45. The van der Waals surface area contributed by atoms with Gasteiger partial charge in [0.1, 0.15) is 6.04 Å². The van der Waals surface area contributed by atoms with Crippen molar-refractivity contribution in [2.24, 2.45) is 5.73 Å². The van der Waals surface area contributed by atoms with Crippen molar-refractivity contribution in [2.45, 2.75) is 63.8 Å². The molecule has 0 spiro atoms. The van der Waals surface area contributed by atoms with Crippen molar-refractivity contribution in [3.8, 4) is 0 Å². The van der Waals surface area contributed by atoms with Crippen LogP contribution in [0.3, 0.4) is 0 Å². The van der Waals surface area contributed by atoms with E-state index in [1.165, 1.54) is 0 Å². The van der Waals surface area contributed by atoms with Gasteiger partial charge in [0, 0.05) is 0 Å². The Bertz CT molecular complexity index is 653. The number of rotatable bonds is 9. The summed E-state index contributed by atoms with van der Waals surface area (Å²) in [6.07, 6.45) is -7.22. The summed E-state index contributed by atoms with van der Waals surface area (Å²) in [7, 11) is 0. The smallest absolute Gasteiger partial charge is 0.368 e. The van der Waals surface area contributed by atoms with E-state index in [1.54, 1.807) is 0 Å². The van der Waals surface area contributed by atoms with Crippen molar-refractivity contribution in [3.63, 3.8) is 0 Å². The number of hydrogen-bond donors (Lipinski definition) is 2. The van der Waals surface area contributed by atoms with Crippen LogP contribution in [-0.4, -0.2) is 17.9 Å². The van der Waals surface area contributed by atoms with Crippen LogP contribution < -0.4 is 11.1 Å². The lowest BCUT2D eigenvalue weighted by Gasteiger charge is -2.17. The van der Waals surface area contributed by atoms with Crippen LogP contribution in [0, 0.1) is 0 Å². The summed E-state index contributed by atoms with van der Waals surface area (Å²) in [5.74, 6) is -1.70. The van der Waals surface area contributed by atoms with Gasteiger partial charge in [0.05, 0.1) is 17.5 Å². The quantitative estimate of drug-likeness (QED) is 0.471. The van der Waals surface area contributed by atoms with E-state index in [0.29, 0.717) is 18.6 Å². The van der Waals surface area contributed by atoms with Crippen LogP contribution in [0.4, 0.5) is 26.3 Å². The van der Waals surface area contributed by atoms with Gasteiger partial charge in [0.25, 0.3) is 0 Å². The van der Waals surface area contributed by atoms with Gasteiger partial charge < -0.3 is 11.1 Å². The number of nitrogens with two attached hydrogens (primary N) is 1. The Morgan fingerprint density at radius 1 is 0.964 bits per heavy atom. The van der Waals surface area contributed by atoms with Crippen LogP contribution in [0.5, 0.6) is 0 Å². The van der Waals surface area contributed by atoms with E-state index in [1.807, 2.05) is 6.92 Å². The fourth-order valence-corrected chi connectivity index (χ4v) is 2.61. The molecule has 1 rings (SSSR count). The Kier molecular flexibility index (Phi) is 8.31. The van der Waals surface area contributed by atoms with E-state index in [4.69, 9.17) is 5.73 Å². The Labute approximate surface area is 158 Å². The molecule has 4 nitrogen and oxygen atoms in total. The first-order chi connectivity index (χ1) is 12.8. The number of benzene rings is 1.